The quantitative estimate of drug-likeness (QED) is 0.395. The number of nitrogens with one attached hydrogen (secondary N) is 1. The maximum atomic E-state index is 12.3. The molecule has 28 heavy (non-hydrogen) atoms. The van der Waals surface area contributed by atoms with Gasteiger partial charge >= 0.3 is 0 Å². The standard InChI is InChI=1S/C20H18Cl2N2O4/c1-4-8-28-19-15(21)9-13(10-16(19)22)12-23-24-20(25)14-6-7-17(27-5-2)18(11-14)26-3/h1,6-7,9-12H,5,8H2,2-3H3,(H,24,25)/b23-12+. The van der Waals surface area contributed by atoms with E-state index in [1.165, 1.54) is 13.3 Å². The summed E-state index contributed by atoms with van der Waals surface area (Å²) in [6.45, 7) is 2.40. The first kappa shape index (κ1) is 21.4. The zero-order chi connectivity index (χ0) is 20.5. The van der Waals surface area contributed by atoms with Crippen molar-refractivity contribution in [1.29, 1.82) is 0 Å². The molecule has 0 atom stereocenters. The highest BCUT2D eigenvalue weighted by Crippen LogP contribution is 2.33. The van der Waals surface area contributed by atoms with E-state index in [9.17, 15) is 4.79 Å². The Bertz CT molecular complexity index is 900. The molecular weight excluding hydrogens is 403 g/mol. The highest BCUT2D eigenvalue weighted by Gasteiger charge is 2.11. The molecule has 0 heterocycles. The fourth-order valence-electron chi connectivity index (χ4n) is 2.22. The van der Waals surface area contributed by atoms with Gasteiger partial charge in [-0.05, 0) is 42.8 Å². The molecule has 6 nitrogen and oxygen atoms in total. The molecule has 0 aliphatic rings. The third-order valence-electron chi connectivity index (χ3n) is 3.43. The first-order valence-corrected chi connectivity index (χ1v) is 8.95. The molecule has 146 valence electrons. The summed E-state index contributed by atoms with van der Waals surface area (Å²) in [4.78, 5) is 12.3. The number of hydrazone groups is 1. The lowest BCUT2D eigenvalue weighted by atomic mass is 10.2. The smallest absolute Gasteiger partial charge is 0.271 e. The van der Waals surface area contributed by atoms with E-state index >= 15 is 0 Å². The van der Waals surface area contributed by atoms with E-state index in [0.29, 0.717) is 35.0 Å². The van der Waals surface area contributed by atoms with Gasteiger partial charge in [0.1, 0.15) is 6.61 Å². The van der Waals surface area contributed by atoms with Crippen LogP contribution in [0.3, 0.4) is 0 Å². The van der Waals surface area contributed by atoms with Crippen molar-refractivity contribution in [3.8, 4) is 29.6 Å². The minimum atomic E-state index is -0.413. The molecule has 2 aromatic carbocycles. The molecule has 0 aliphatic carbocycles. The molecule has 0 radical (unpaired) electrons. The average molecular weight is 421 g/mol. The number of benzene rings is 2. The molecule has 1 amide bonds. The van der Waals surface area contributed by atoms with Crippen LogP contribution in [0.25, 0.3) is 0 Å². The first-order valence-electron chi connectivity index (χ1n) is 8.19. The second kappa shape index (κ2) is 10.5. The number of terminal acetylenes is 1. The van der Waals surface area contributed by atoms with Gasteiger partial charge in [0, 0.05) is 5.56 Å². The number of rotatable bonds is 8. The van der Waals surface area contributed by atoms with Gasteiger partial charge in [-0.2, -0.15) is 5.10 Å². The summed E-state index contributed by atoms with van der Waals surface area (Å²) < 4.78 is 15.9. The lowest BCUT2D eigenvalue weighted by Gasteiger charge is -2.10. The number of nitrogens with zero attached hydrogens (tertiary/aromatic N) is 1. The Morgan fingerprint density at radius 2 is 1.93 bits per heavy atom. The Kier molecular flexibility index (Phi) is 8.00. The van der Waals surface area contributed by atoms with Gasteiger partial charge in [-0.1, -0.05) is 29.1 Å². The van der Waals surface area contributed by atoms with Crippen LogP contribution in [-0.4, -0.2) is 32.4 Å². The molecular formula is C20H18Cl2N2O4. The molecule has 0 saturated carbocycles. The van der Waals surface area contributed by atoms with Gasteiger partial charge in [-0.25, -0.2) is 5.43 Å². The number of hydrogen-bond acceptors (Lipinski definition) is 5. The van der Waals surface area contributed by atoms with Crippen molar-refractivity contribution in [2.45, 2.75) is 6.92 Å². The summed E-state index contributed by atoms with van der Waals surface area (Å²) in [6.07, 6.45) is 6.56. The number of amides is 1. The predicted molar refractivity (Wildman–Crippen MR) is 110 cm³/mol. The molecule has 0 aromatic heterocycles. The van der Waals surface area contributed by atoms with Crippen molar-refractivity contribution in [3.05, 3.63) is 51.5 Å². The molecule has 0 bridgehead atoms. The van der Waals surface area contributed by atoms with E-state index in [1.807, 2.05) is 6.92 Å². The first-order chi connectivity index (χ1) is 13.5. The van der Waals surface area contributed by atoms with E-state index in [-0.39, 0.29) is 16.7 Å². The third kappa shape index (κ3) is 5.56. The van der Waals surface area contributed by atoms with Gasteiger partial charge < -0.3 is 14.2 Å². The Balaban J connectivity index is 2.08. The van der Waals surface area contributed by atoms with E-state index in [1.54, 1.807) is 30.3 Å². The summed E-state index contributed by atoms with van der Waals surface area (Å²) in [5.41, 5.74) is 3.37. The van der Waals surface area contributed by atoms with Crippen LogP contribution in [0.1, 0.15) is 22.8 Å². The average Bonchev–Trinajstić information content (AvgIpc) is 2.68. The number of ether oxygens (including phenoxy) is 3. The largest absolute Gasteiger partial charge is 0.493 e. The predicted octanol–water partition coefficient (Wildman–Crippen LogP) is 4.18. The number of methoxy groups -OCH3 is 1. The van der Waals surface area contributed by atoms with Crippen LogP contribution in [0, 0.1) is 12.3 Å². The highest BCUT2D eigenvalue weighted by molar-refractivity contribution is 6.37. The van der Waals surface area contributed by atoms with Gasteiger partial charge in [0.05, 0.1) is 30.0 Å². The lowest BCUT2D eigenvalue weighted by molar-refractivity contribution is 0.0954. The Morgan fingerprint density at radius 1 is 1.21 bits per heavy atom. The SMILES string of the molecule is C#CCOc1c(Cl)cc(/C=N/NC(=O)c2ccc(OCC)c(OC)c2)cc1Cl. The van der Waals surface area contributed by atoms with Crippen LogP contribution in [0.15, 0.2) is 35.4 Å². The maximum Gasteiger partial charge on any atom is 0.271 e. The Hall–Kier alpha value is -2.88. The van der Waals surface area contributed by atoms with Gasteiger partial charge in [-0.3, -0.25) is 4.79 Å². The number of carbonyl (C=O) groups excluding carboxylic acids is 1. The molecule has 2 aromatic rings. The van der Waals surface area contributed by atoms with Gasteiger partial charge in [0.2, 0.25) is 0 Å². The van der Waals surface area contributed by atoms with E-state index in [2.05, 4.69) is 16.4 Å². The van der Waals surface area contributed by atoms with Gasteiger partial charge in [-0.15, -0.1) is 6.42 Å². The maximum absolute atomic E-state index is 12.3. The number of carbonyl (C=O) groups is 1. The summed E-state index contributed by atoms with van der Waals surface area (Å²) >= 11 is 12.3. The van der Waals surface area contributed by atoms with Gasteiger partial charge in [0.25, 0.3) is 5.91 Å². The van der Waals surface area contributed by atoms with Gasteiger partial charge in [0.15, 0.2) is 17.2 Å². The van der Waals surface area contributed by atoms with Crippen molar-refractivity contribution in [3.63, 3.8) is 0 Å². The molecule has 0 saturated heterocycles. The van der Waals surface area contributed by atoms with Crippen LogP contribution in [0.5, 0.6) is 17.2 Å². The van der Waals surface area contributed by atoms with Crippen molar-refractivity contribution in [2.75, 3.05) is 20.3 Å². The minimum Gasteiger partial charge on any atom is -0.493 e. The molecule has 1 N–H and O–H groups in total. The summed E-state index contributed by atoms with van der Waals surface area (Å²) in [5.74, 6) is 3.23. The molecule has 0 unspecified atom stereocenters. The second-order valence-electron chi connectivity index (χ2n) is 5.30. The molecule has 2 rings (SSSR count). The molecule has 8 heteroatoms. The fourth-order valence-corrected chi connectivity index (χ4v) is 2.83. The number of halogens is 2. The van der Waals surface area contributed by atoms with E-state index in [0.717, 1.165) is 0 Å². The van der Waals surface area contributed by atoms with Crippen molar-refractivity contribution >= 4 is 35.3 Å². The Labute approximate surface area is 173 Å². The topological polar surface area (TPSA) is 69.2 Å². The van der Waals surface area contributed by atoms with Crippen LogP contribution in [0.4, 0.5) is 0 Å². The second-order valence-corrected chi connectivity index (χ2v) is 6.12. The monoisotopic (exact) mass is 420 g/mol. The van der Waals surface area contributed by atoms with Crippen LogP contribution in [0.2, 0.25) is 10.0 Å². The van der Waals surface area contributed by atoms with Crippen LogP contribution in [-0.2, 0) is 0 Å². The van der Waals surface area contributed by atoms with E-state index in [4.69, 9.17) is 43.8 Å². The zero-order valence-electron chi connectivity index (χ0n) is 15.3. The summed E-state index contributed by atoms with van der Waals surface area (Å²) in [5, 5.41) is 4.49. The zero-order valence-corrected chi connectivity index (χ0v) is 16.8. The lowest BCUT2D eigenvalue weighted by Crippen LogP contribution is -2.17. The summed E-state index contributed by atoms with van der Waals surface area (Å²) in [7, 11) is 1.50. The normalized spacial score (nSPS) is 10.4. The van der Waals surface area contributed by atoms with E-state index < -0.39 is 5.91 Å². The van der Waals surface area contributed by atoms with Crippen LogP contribution >= 0.6 is 23.2 Å². The molecule has 0 spiro atoms. The van der Waals surface area contributed by atoms with Crippen LogP contribution < -0.4 is 19.6 Å². The fraction of sp³-hybridized carbons (Fsp3) is 0.200. The minimum absolute atomic E-state index is 0.0501. The highest BCUT2D eigenvalue weighted by atomic mass is 35.5. The van der Waals surface area contributed by atoms with Crippen molar-refractivity contribution in [2.24, 2.45) is 5.10 Å². The summed E-state index contributed by atoms with van der Waals surface area (Å²) in [6, 6.07) is 8.03. The molecule has 0 fully saturated rings. The third-order valence-corrected chi connectivity index (χ3v) is 3.99. The van der Waals surface area contributed by atoms with Crippen molar-refractivity contribution < 1.29 is 19.0 Å². The number of hydrogen-bond donors (Lipinski definition) is 1. The van der Waals surface area contributed by atoms with Crippen molar-refractivity contribution in [1.82, 2.24) is 5.43 Å². The molecule has 0 aliphatic heterocycles. The Morgan fingerprint density at radius 3 is 2.54 bits per heavy atom.